The van der Waals surface area contributed by atoms with E-state index in [1.807, 2.05) is 24.3 Å². The van der Waals surface area contributed by atoms with Gasteiger partial charge in [-0.1, -0.05) is 61.0 Å². The second-order valence-electron chi connectivity index (χ2n) is 9.14. The van der Waals surface area contributed by atoms with Gasteiger partial charge >= 0.3 is 0 Å². The van der Waals surface area contributed by atoms with Gasteiger partial charge in [-0.15, -0.1) is 0 Å². The number of amides is 1. The summed E-state index contributed by atoms with van der Waals surface area (Å²) in [7, 11) is -3.44. The Kier molecular flexibility index (Phi) is 8.21. The van der Waals surface area contributed by atoms with Crippen LogP contribution in [0.5, 0.6) is 0 Å². The van der Waals surface area contributed by atoms with Crippen LogP contribution in [0.4, 0.5) is 5.69 Å². The van der Waals surface area contributed by atoms with Crippen LogP contribution in [0.15, 0.2) is 78.9 Å². The Bertz CT molecular complexity index is 1220. The van der Waals surface area contributed by atoms with Crippen molar-refractivity contribution in [3.05, 3.63) is 101 Å². The third-order valence-corrected chi connectivity index (χ3v) is 7.43. The molecule has 6 nitrogen and oxygen atoms in total. The number of nitrogens with one attached hydrogen (secondary N) is 1. The molecule has 0 atom stereocenters. The molecule has 1 aliphatic heterocycles. The van der Waals surface area contributed by atoms with Crippen LogP contribution in [-0.4, -0.2) is 38.6 Å². The summed E-state index contributed by atoms with van der Waals surface area (Å²) in [5.41, 5.74) is 4.32. The SMILES string of the molecule is CS(=O)(=O)N(Cc1ccc(C(=O)NCc2cccc(CN3CCCCC3)c2)cc1)c1ccccc1. The summed E-state index contributed by atoms with van der Waals surface area (Å²) < 4.78 is 26.0. The fourth-order valence-electron chi connectivity index (χ4n) is 4.42. The summed E-state index contributed by atoms with van der Waals surface area (Å²) >= 11 is 0. The Morgan fingerprint density at radius 2 is 1.54 bits per heavy atom. The maximum absolute atomic E-state index is 12.7. The van der Waals surface area contributed by atoms with E-state index in [2.05, 4.69) is 28.4 Å². The van der Waals surface area contributed by atoms with E-state index >= 15 is 0 Å². The highest BCUT2D eigenvalue weighted by Crippen LogP contribution is 2.20. The molecule has 184 valence electrons. The lowest BCUT2D eigenvalue weighted by Crippen LogP contribution is -2.29. The Morgan fingerprint density at radius 3 is 2.23 bits per heavy atom. The van der Waals surface area contributed by atoms with Crippen molar-refractivity contribution in [1.82, 2.24) is 10.2 Å². The highest BCUT2D eigenvalue weighted by atomic mass is 32.2. The first kappa shape index (κ1) is 24.9. The van der Waals surface area contributed by atoms with Gasteiger partial charge in [-0.2, -0.15) is 0 Å². The van der Waals surface area contributed by atoms with Crippen molar-refractivity contribution in [1.29, 1.82) is 0 Å². The molecule has 0 aromatic heterocycles. The van der Waals surface area contributed by atoms with Gasteiger partial charge in [0.2, 0.25) is 10.0 Å². The minimum Gasteiger partial charge on any atom is -0.348 e. The van der Waals surface area contributed by atoms with E-state index in [9.17, 15) is 13.2 Å². The molecule has 3 aromatic rings. The van der Waals surface area contributed by atoms with E-state index in [1.165, 1.54) is 35.4 Å². The Morgan fingerprint density at radius 1 is 0.857 bits per heavy atom. The van der Waals surface area contributed by atoms with Crippen LogP contribution in [0, 0.1) is 0 Å². The van der Waals surface area contributed by atoms with Crippen LogP contribution in [0.3, 0.4) is 0 Å². The van der Waals surface area contributed by atoms with Crippen molar-refractivity contribution in [3.63, 3.8) is 0 Å². The van der Waals surface area contributed by atoms with Gasteiger partial charge in [0.15, 0.2) is 0 Å². The molecule has 7 heteroatoms. The number of carbonyl (C=O) groups excluding carboxylic acids is 1. The lowest BCUT2D eigenvalue weighted by Gasteiger charge is -2.26. The predicted molar refractivity (Wildman–Crippen MR) is 141 cm³/mol. The maximum Gasteiger partial charge on any atom is 0.251 e. The molecule has 1 N–H and O–H groups in total. The summed E-state index contributed by atoms with van der Waals surface area (Å²) in [5.74, 6) is -0.152. The lowest BCUT2D eigenvalue weighted by molar-refractivity contribution is 0.0951. The topological polar surface area (TPSA) is 69.7 Å². The lowest BCUT2D eigenvalue weighted by atomic mass is 10.1. The molecule has 0 spiro atoms. The minimum atomic E-state index is -3.44. The fourth-order valence-corrected chi connectivity index (χ4v) is 5.31. The van der Waals surface area contributed by atoms with Crippen LogP contribution in [-0.2, 0) is 29.7 Å². The second-order valence-corrected chi connectivity index (χ2v) is 11.0. The first-order valence-corrected chi connectivity index (χ1v) is 13.9. The van der Waals surface area contributed by atoms with Crippen LogP contribution in [0.2, 0.25) is 0 Å². The van der Waals surface area contributed by atoms with Gasteiger partial charge in [-0.25, -0.2) is 8.42 Å². The van der Waals surface area contributed by atoms with Crippen molar-refractivity contribution in [2.24, 2.45) is 0 Å². The van der Waals surface area contributed by atoms with Gasteiger partial charge in [0.05, 0.1) is 18.5 Å². The molecule has 1 saturated heterocycles. The van der Waals surface area contributed by atoms with E-state index in [1.54, 1.807) is 36.4 Å². The van der Waals surface area contributed by atoms with Crippen LogP contribution < -0.4 is 9.62 Å². The Labute approximate surface area is 208 Å². The molecule has 1 heterocycles. The predicted octanol–water partition coefficient (Wildman–Crippen LogP) is 4.57. The van der Waals surface area contributed by atoms with E-state index < -0.39 is 10.0 Å². The van der Waals surface area contributed by atoms with Crippen molar-refractivity contribution in [3.8, 4) is 0 Å². The van der Waals surface area contributed by atoms with Gasteiger partial charge < -0.3 is 5.32 Å². The Hall–Kier alpha value is -3.16. The van der Waals surface area contributed by atoms with Crippen molar-refractivity contribution < 1.29 is 13.2 Å². The molecule has 0 bridgehead atoms. The number of hydrogen-bond acceptors (Lipinski definition) is 4. The molecule has 4 rings (SSSR count). The van der Waals surface area contributed by atoms with Crippen molar-refractivity contribution >= 4 is 21.6 Å². The van der Waals surface area contributed by atoms with Crippen molar-refractivity contribution in [2.75, 3.05) is 23.7 Å². The smallest absolute Gasteiger partial charge is 0.251 e. The average Bonchev–Trinajstić information content (AvgIpc) is 2.87. The first-order valence-electron chi connectivity index (χ1n) is 12.1. The van der Waals surface area contributed by atoms with Crippen LogP contribution >= 0.6 is 0 Å². The molecule has 3 aromatic carbocycles. The monoisotopic (exact) mass is 491 g/mol. The molecular formula is C28H33N3O3S. The number of nitrogens with zero attached hydrogens (tertiary/aromatic N) is 2. The number of piperidine rings is 1. The number of benzene rings is 3. The fraction of sp³-hybridized carbons (Fsp3) is 0.321. The molecule has 1 amide bonds. The normalized spacial score (nSPS) is 14.4. The first-order chi connectivity index (χ1) is 16.9. The highest BCUT2D eigenvalue weighted by molar-refractivity contribution is 7.92. The van der Waals surface area contributed by atoms with Gasteiger partial charge in [-0.05, 0) is 66.9 Å². The van der Waals surface area contributed by atoms with Gasteiger partial charge in [0.25, 0.3) is 5.91 Å². The van der Waals surface area contributed by atoms with E-state index in [4.69, 9.17) is 0 Å². The van der Waals surface area contributed by atoms with Crippen molar-refractivity contribution in [2.45, 2.75) is 38.9 Å². The zero-order valence-corrected chi connectivity index (χ0v) is 21.0. The third kappa shape index (κ3) is 7.16. The zero-order chi connectivity index (χ0) is 24.7. The molecule has 1 aliphatic rings. The van der Waals surface area contributed by atoms with E-state index in [-0.39, 0.29) is 12.5 Å². The number of hydrogen-bond donors (Lipinski definition) is 1. The molecule has 1 fully saturated rings. The zero-order valence-electron chi connectivity index (χ0n) is 20.2. The largest absolute Gasteiger partial charge is 0.348 e. The maximum atomic E-state index is 12.7. The Balaban J connectivity index is 1.35. The minimum absolute atomic E-state index is 0.152. The van der Waals surface area contributed by atoms with Gasteiger partial charge in [-0.3, -0.25) is 14.0 Å². The van der Waals surface area contributed by atoms with E-state index in [0.717, 1.165) is 30.8 Å². The van der Waals surface area contributed by atoms with Gasteiger partial charge in [0, 0.05) is 18.7 Å². The van der Waals surface area contributed by atoms with Crippen LogP contribution in [0.1, 0.15) is 46.3 Å². The number of anilines is 1. The van der Waals surface area contributed by atoms with Gasteiger partial charge in [0.1, 0.15) is 0 Å². The van der Waals surface area contributed by atoms with E-state index in [0.29, 0.717) is 17.8 Å². The summed E-state index contributed by atoms with van der Waals surface area (Å²) in [6, 6.07) is 24.5. The molecule has 0 aliphatic carbocycles. The quantitative estimate of drug-likeness (QED) is 0.476. The molecule has 0 radical (unpaired) electrons. The average molecular weight is 492 g/mol. The number of sulfonamides is 1. The standard InChI is InChI=1S/C28H33N3O3S/c1-35(33,34)31(27-11-4-2-5-12-27)22-23-13-15-26(16-14-23)28(32)29-20-24-9-8-10-25(19-24)21-30-17-6-3-7-18-30/h2,4-5,8-16,19H,3,6-7,17-18,20-22H2,1H3,(H,29,32). The number of para-hydroxylation sites is 1. The molecule has 0 saturated carbocycles. The van der Waals surface area contributed by atoms with Crippen LogP contribution in [0.25, 0.3) is 0 Å². The number of rotatable bonds is 9. The second kappa shape index (κ2) is 11.5. The summed E-state index contributed by atoms with van der Waals surface area (Å²) in [4.78, 5) is 15.2. The molecule has 35 heavy (non-hydrogen) atoms. The summed E-state index contributed by atoms with van der Waals surface area (Å²) in [5, 5.41) is 3.00. The molecule has 0 unspecified atom stereocenters. The third-order valence-electron chi connectivity index (χ3n) is 6.29. The summed E-state index contributed by atoms with van der Waals surface area (Å²) in [6.45, 7) is 3.93. The number of likely N-dealkylation sites (tertiary alicyclic amines) is 1. The number of carbonyl (C=O) groups is 1. The molecular weight excluding hydrogens is 458 g/mol. The summed E-state index contributed by atoms with van der Waals surface area (Å²) in [6.07, 6.45) is 5.07. The highest BCUT2D eigenvalue weighted by Gasteiger charge is 2.18.